The van der Waals surface area contributed by atoms with E-state index in [0.717, 1.165) is 5.56 Å². The van der Waals surface area contributed by atoms with Gasteiger partial charge in [0.15, 0.2) is 5.78 Å². The van der Waals surface area contributed by atoms with E-state index in [0.29, 0.717) is 11.7 Å². The molecule has 1 unspecified atom stereocenters. The van der Waals surface area contributed by atoms with Crippen LogP contribution >= 0.6 is 11.8 Å². The SMILES string of the molecule is CC(CO)SCC(=O)c1ccc(C(C)C)cc1. The third-order valence-electron chi connectivity index (χ3n) is 2.66. The van der Waals surface area contributed by atoms with Crippen molar-refractivity contribution < 1.29 is 9.90 Å². The van der Waals surface area contributed by atoms with Crippen LogP contribution in [0.15, 0.2) is 24.3 Å². The molecule has 0 aromatic heterocycles. The molecule has 2 nitrogen and oxygen atoms in total. The summed E-state index contributed by atoms with van der Waals surface area (Å²) in [4.78, 5) is 11.8. The molecule has 0 aliphatic heterocycles. The van der Waals surface area contributed by atoms with E-state index < -0.39 is 0 Å². The van der Waals surface area contributed by atoms with Crippen LogP contribution < -0.4 is 0 Å². The highest BCUT2D eigenvalue weighted by Crippen LogP contribution is 2.17. The monoisotopic (exact) mass is 252 g/mol. The Morgan fingerprint density at radius 3 is 2.29 bits per heavy atom. The van der Waals surface area contributed by atoms with Crippen molar-refractivity contribution in [1.29, 1.82) is 0 Å². The molecule has 0 radical (unpaired) electrons. The number of thioether (sulfide) groups is 1. The Labute approximate surface area is 107 Å². The van der Waals surface area contributed by atoms with Gasteiger partial charge in [0.05, 0.1) is 12.4 Å². The number of carbonyl (C=O) groups is 1. The zero-order chi connectivity index (χ0) is 12.8. The van der Waals surface area contributed by atoms with Gasteiger partial charge in [0.1, 0.15) is 0 Å². The van der Waals surface area contributed by atoms with Gasteiger partial charge in [0.2, 0.25) is 0 Å². The molecule has 1 aromatic carbocycles. The molecule has 0 saturated heterocycles. The van der Waals surface area contributed by atoms with Crippen molar-refractivity contribution in [3.63, 3.8) is 0 Å². The van der Waals surface area contributed by atoms with E-state index in [1.54, 1.807) is 0 Å². The van der Waals surface area contributed by atoms with Gasteiger partial charge in [-0.15, -0.1) is 11.8 Å². The van der Waals surface area contributed by atoms with Crippen LogP contribution in [0.25, 0.3) is 0 Å². The summed E-state index contributed by atoms with van der Waals surface area (Å²) < 4.78 is 0. The fourth-order valence-electron chi connectivity index (χ4n) is 1.41. The predicted molar refractivity (Wildman–Crippen MR) is 73.9 cm³/mol. The summed E-state index contributed by atoms with van der Waals surface area (Å²) in [5.74, 6) is 1.05. The quantitative estimate of drug-likeness (QED) is 0.790. The molecule has 0 fully saturated rings. The first-order valence-corrected chi connectivity index (χ1v) is 6.95. The Morgan fingerprint density at radius 1 is 1.24 bits per heavy atom. The van der Waals surface area contributed by atoms with Gasteiger partial charge in [-0.2, -0.15) is 0 Å². The fourth-order valence-corrected chi connectivity index (χ4v) is 2.12. The van der Waals surface area contributed by atoms with Gasteiger partial charge in [0, 0.05) is 10.8 Å². The molecule has 1 aromatic rings. The maximum absolute atomic E-state index is 11.8. The number of benzene rings is 1. The summed E-state index contributed by atoms with van der Waals surface area (Å²) >= 11 is 1.49. The van der Waals surface area contributed by atoms with E-state index in [-0.39, 0.29) is 17.6 Å². The second kappa shape index (κ2) is 6.82. The number of aliphatic hydroxyl groups excluding tert-OH is 1. The van der Waals surface area contributed by atoms with Crippen molar-refractivity contribution in [2.75, 3.05) is 12.4 Å². The molecular formula is C14H20O2S. The van der Waals surface area contributed by atoms with Crippen LogP contribution in [0.1, 0.15) is 42.6 Å². The van der Waals surface area contributed by atoms with Crippen molar-refractivity contribution in [3.05, 3.63) is 35.4 Å². The first kappa shape index (κ1) is 14.3. The average Bonchev–Trinajstić information content (AvgIpc) is 2.35. The minimum absolute atomic E-state index is 0.115. The van der Waals surface area contributed by atoms with Crippen molar-refractivity contribution in [3.8, 4) is 0 Å². The molecule has 1 N–H and O–H groups in total. The van der Waals surface area contributed by atoms with Crippen LogP contribution in [0, 0.1) is 0 Å². The predicted octanol–water partition coefficient (Wildman–Crippen LogP) is 3.11. The van der Waals surface area contributed by atoms with Gasteiger partial charge in [-0.1, -0.05) is 45.0 Å². The van der Waals surface area contributed by atoms with Crippen molar-refractivity contribution in [2.45, 2.75) is 31.9 Å². The number of aliphatic hydroxyl groups is 1. The molecule has 0 heterocycles. The molecular weight excluding hydrogens is 232 g/mol. The van der Waals surface area contributed by atoms with Gasteiger partial charge in [0.25, 0.3) is 0 Å². The molecule has 1 atom stereocenters. The number of hydrogen-bond acceptors (Lipinski definition) is 3. The first-order valence-electron chi connectivity index (χ1n) is 5.90. The molecule has 3 heteroatoms. The number of rotatable bonds is 6. The van der Waals surface area contributed by atoms with E-state index in [4.69, 9.17) is 5.11 Å². The zero-order valence-corrected chi connectivity index (χ0v) is 11.5. The summed E-state index contributed by atoms with van der Waals surface area (Å²) in [5, 5.41) is 9.00. The number of carbonyl (C=O) groups excluding carboxylic acids is 1. The lowest BCUT2D eigenvalue weighted by Gasteiger charge is -2.08. The number of hydrogen-bond donors (Lipinski definition) is 1. The third kappa shape index (κ3) is 4.52. The summed E-state index contributed by atoms with van der Waals surface area (Å²) in [5.41, 5.74) is 2.00. The van der Waals surface area contributed by atoms with Crippen LogP contribution in [-0.2, 0) is 0 Å². The van der Waals surface area contributed by atoms with Crippen LogP contribution in [0.5, 0.6) is 0 Å². The van der Waals surface area contributed by atoms with Gasteiger partial charge in [-0.3, -0.25) is 4.79 Å². The molecule has 0 aliphatic rings. The minimum atomic E-state index is 0.115. The minimum Gasteiger partial charge on any atom is -0.395 e. The van der Waals surface area contributed by atoms with Gasteiger partial charge in [-0.25, -0.2) is 0 Å². The topological polar surface area (TPSA) is 37.3 Å². The summed E-state index contributed by atoms with van der Waals surface area (Å²) in [6.07, 6.45) is 0. The van der Waals surface area contributed by atoms with Crippen LogP contribution in [-0.4, -0.2) is 28.5 Å². The van der Waals surface area contributed by atoms with Gasteiger partial charge < -0.3 is 5.11 Å². The smallest absolute Gasteiger partial charge is 0.172 e. The molecule has 0 bridgehead atoms. The average molecular weight is 252 g/mol. The molecule has 0 amide bonds. The lowest BCUT2D eigenvalue weighted by atomic mass is 10.0. The van der Waals surface area contributed by atoms with Crippen molar-refractivity contribution in [2.24, 2.45) is 0 Å². The molecule has 0 spiro atoms. The third-order valence-corrected chi connectivity index (χ3v) is 3.80. The Morgan fingerprint density at radius 2 is 1.82 bits per heavy atom. The molecule has 94 valence electrons. The Balaban J connectivity index is 2.58. The molecule has 17 heavy (non-hydrogen) atoms. The lowest BCUT2D eigenvalue weighted by molar-refractivity contribution is 0.102. The Kier molecular flexibility index (Phi) is 5.72. The van der Waals surface area contributed by atoms with Crippen LogP contribution in [0.4, 0.5) is 0 Å². The van der Waals surface area contributed by atoms with Crippen molar-refractivity contribution in [1.82, 2.24) is 0 Å². The lowest BCUT2D eigenvalue weighted by Crippen LogP contribution is -2.09. The highest BCUT2D eigenvalue weighted by atomic mass is 32.2. The second-order valence-corrected chi connectivity index (χ2v) is 5.93. The molecule has 1 rings (SSSR count). The Hall–Kier alpha value is -0.800. The standard InChI is InChI=1S/C14H20O2S/c1-10(2)12-4-6-13(7-5-12)14(16)9-17-11(3)8-15/h4-7,10-11,15H,8-9H2,1-3H3. The highest BCUT2D eigenvalue weighted by Gasteiger charge is 2.09. The fraction of sp³-hybridized carbons (Fsp3) is 0.500. The van der Waals surface area contributed by atoms with E-state index in [2.05, 4.69) is 13.8 Å². The number of ketones is 1. The van der Waals surface area contributed by atoms with Crippen LogP contribution in [0.3, 0.4) is 0 Å². The Bertz CT molecular complexity index is 357. The molecule has 0 saturated carbocycles. The largest absolute Gasteiger partial charge is 0.395 e. The summed E-state index contributed by atoms with van der Waals surface area (Å²) in [7, 11) is 0. The normalized spacial score (nSPS) is 12.8. The van der Waals surface area contributed by atoms with E-state index in [1.807, 2.05) is 31.2 Å². The molecule has 0 aliphatic carbocycles. The van der Waals surface area contributed by atoms with E-state index in [1.165, 1.54) is 17.3 Å². The van der Waals surface area contributed by atoms with Crippen LogP contribution in [0.2, 0.25) is 0 Å². The first-order chi connectivity index (χ1) is 8.04. The summed E-state index contributed by atoms with van der Waals surface area (Å²) in [6, 6.07) is 7.81. The highest BCUT2D eigenvalue weighted by molar-refractivity contribution is 8.00. The summed E-state index contributed by atoms with van der Waals surface area (Å²) in [6.45, 7) is 6.30. The van der Waals surface area contributed by atoms with Crippen molar-refractivity contribution >= 4 is 17.5 Å². The zero-order valence-electron chi connectivity index (χ0n) is 10.6. The maximum atomic E-state index is 11.8. The maximum Gasteiger partial charge on any atom is 0.172 e. The van der Waals surface area contributed by atoms with Gasteiger partial charge >= 0.3 is 0 Å². The van der Waals surface area contributed by atoms with Gasteiger partial charge in [-0.05, 0) is 11.5 Å². The van der Waals surface area contributed by atoms with E-state index >= 15 is 0 Å². The second-order valence-electron chi connectivity index (χ2n) is 4.50. The number of Topliss-reactive ketones (excluding diaryl/α,β-unsaturated/α-hetero) is 1. The van der Waals surface area contributed by atoms with E-state index in [9.17, 15) is 4.79 Å².